The molecule has 1 aromatic rings. The third-order valence-corrected chi connectivity index (χ3v) is 4.23. The Hall–Kier alpha value is -1.38. The summed E-state index contributed by atoms with van der Waals surface area (Å²) >= 11 is 0. The molecule has 1 heterocycles. The fourth-order valence-electron chi connectivity index (χ4n) is 3.37. The second kappa shape index (κ2) is 4.57. The number of hydrogen-bond acceptors (Lipinski definition) is 3. The quantitative estimate of drug-likeness (QED) is 0.857. The third-order valence-electron chi connectivity index (χ3n) is 4.23. The minimum atomic E-state index is -0.548. The van der Waals surface area contributed by atoms with E-state index in [0.717, 1.165) is 17.2 Å². The average molecular weight is 275 g/mol. The Morgan fingerprint density at radius 3 is 2.60 bits per heavy atom. The van der Waals surface area contributed by atoms with E-state index in [-0.39, 0.29) is 0 Å². The van der Waals surface area contributed by atoms with E-state index in [9.17, 15) is 0 Å². The van der Waals surface area contributed by atoms with Gasteiger partial charge >= 0.3 is 0 Å². The smallest absolute Gasteiger partial charge is 0.246 e. The number of fused-ring (bicyclic) bond motifs is 1. The number of hydrogen-bond donors (Lipinski definition) is 1. The Bertz CT molecular complexity index is 508. The molecule has 0 bridgehead atoms. The lowest BCUT2D eigenvalue weighted by atomic mass is 9.75. The molecule has 3 heteroatoms. The Balaban J connectivity index is 1.71. The summed E-state index contributed by atoms with van der Waals surface area (Å²) in [5, 5.41) is 3.66. The van der Waals surface area contributed by atoms with Gasteiger partial charge in [-0.2, -0.15) is 0 Å². The van der Waals surface area contributed by atoms with Crippen molar-refractivity contribution in [3.63, 3.8) is 0 Å². The molecule has 1 aliphatic carbocycles. The van der Waals surface area contributed by atoms with Gasteiger partial charge in [0.15, 0.2) is 11.5 Å². The van der Waals surface area contributed by atoms with Crippen LogP contribution in [0.25, 0.3) is 0 Å². The molecule has 1 aromatic carbocycles. The van der Waals surface area contributed by atoms with Gasteiger partial charge < -0.3 is 14.8 Å². The number of anilines is 1. The molecule has 1 aliphatic heterocycles. The lowest BCUT2D eigenvalue weighted by molar-refractivity contribution is -0.0431. The van der Waals surface area contributed by atoms with Crippen LogP contribution in [-0.2, 0) is 0 Å². The van der Waals surface area contributed by atoms with Gasteiger partial charge in [0.2, 0.25) is 5.79 Å². The molecular weight excluding hydrogens is 250 g/mol. The van der Waals surface area contributed by atoms with Crippen LogP contribution in [-0.4, -0.2) is 11.8 Å². The third kappa shape index (κ3) is 2.87. The number of benzene rings is 1. The van der Waals surface area contributed by atoms with Crippen LogP contribution in [0, 0.1) is 5.41 Å². The van der Waals surface area contributed by atoms with Crippen LogP contribution in [0.1, 0.15) is 53.4 Å². The molecule has 1 atom stereocenters. The summed E-state index contributed by atoms with van der Waals surface area (Å²) in [4.78, 5) is 0. The highest BCUT2D eigenvalue weighted by Crippen LogP contribution is 2.42. The molecule has 0 saturated heterocycles. The van der Waals surface area contributed by atoms with Crippen LogP contribution < -0.4 is 14.8 Å². The highest BCUT2D eigenvalue weighted by Gasteiger charge is 2.32. The second-order valence-electron chi connectivity index (χ2n) is 7.37. The highest BCUT2D eigenvalue weighted by atomic mass is 16.7. The van der Waals surface area contributed by atoms with E-state index in [1.807, 2.05) is 19.9 Å². The maximum absolute atomic E-state index is 5.80. The first kappa shape index (κ1) is 13.6. The van der Waals surface area contributed by atoms with Crippen LogP contribution in [0.15, 0.2) is 18.2 Å². The predicted octanol–water partition coefficient (Wildman–Crippen LogP) is 4.57. The summed E-state index contributed by atoms with van der Waals surface area (Å²) in [6, 6.07) is 6.71. The first-order chi connectivity index (χ1) is 9.33. The van der Waals surface area contributed by atoms with Gasteiger partial charge in [0.05, 0.1) is 0 Å². The molecular formula is C17H25NO2. The maximum Gasteiger partial charge on any atom is 0.246 e. The van der Waals surface area contributed by atoms with Gasteiger partial charge in [-0.1, -0.05) is 20.3 Å². The number of ether oxygens (including phenoxy) is 2. The molecule has 3 rings (SSSR count). The van der Waals surface area contributed by atoms with E-state index < -0.39 is 5.79 Å². The molecule has 2 aliphatic rings. The Morgan fingerprint density at radius 2 is 1.85 bits per heavy atom. The van der Waals surface area contributed by atoms with Crippen LogP contribution >= 0.6 is 0 Å². The summed E-state index contributed by atoms with van der Waals surface area (Å²) in [7, 11) is 0. The van der Waals surface area contributed by atoms with Gasteiger partial charge in [0.25, 0.3) is 0 Å². The molecule has 0 radical (unpaired) electrons. The Morgan fingerprint density at radius 1 is 1.10 bits per heavy atom. The summed E-state index contributed by atoms with van der Waals surface area (Å²) in [6.45, 7) is 8.60. The van der Waals surface area contributed by atoms with E-state index in [1.165, 1.54) is 25.7 Å². The van der Waals surface area contributed by atoms with E-state index in [2.05, 4.69) is 31.3 Å². The standard InChI is InChI=1S/C17H25NO2/c1-16(2)9-5-6-13(11-16)18-12-7-8-14-15(10-12)20-17(3,4)19-14/h7-8,10,13,18H,5-6,9,11H2,1-4H3. The zero-order chi connectivity index (χ0) is 14.4. The highest BCUT2D eigenvalue weighted by molar-refractivity contribution is 5.56. The van der Waals surface area contributed by atoms with Gasteiger partial charge in [0.1, 0.15) is 0 Å². The lowest BCUT2D eigenvalue weighted by Crippen LogP contribution is -2.31. The molecule has 0 aromatic heterocycles. The van der Waals surface area contributed by atoms with Crippen LogP contribution in [0.2, 0.25) is 0 Å². The molecule has 1 saturated carbocycles. The normalized spacial score (nSPS) is 26.3. The molecule has 20 heavy (non-hydrogen) atoms. The zero-order valence-corrected chi connectivity index (χ0v) is 13.0. The fourth-order valence-corrected chi connectivity index (χ4v) is 3.37. The molecule has 1 fully saturated rings. The largest absolute Gasteiger partial charge is 0.449 e. The van der Waals surface area contributed by atoms with Crippen LogP contribution in [0.5, 0.6) is 11.5 Å². The first-order valence-corrected chi connectivity index (χ1v) is 7.62. The van der Waals surface area contributed by atoms with Gasteiger partial charge in [0, 0.05) is 31.6 Å². The van der Waals surface area contributed by atoms with Gasteiger partial charge in [-0.15, -0.1) is 0 Å². The monoisotopic (exact) mass is 275 g/mol. The van der Waals surface area contributed by atoms with Crippen LogP contribution in [0.3, 0.4) is 0 Å². The summed E-state index contributed by atoms with van der Waals surface area (Å²) in [5.41, 5.74) is 1.58. The van der Waals surface area contributed by atoms with Crippen molar-refractivity contribution in [2.75, 3.05) is 5.32 Å². The van der Waals surface area contributed by atoms with Gasteiger partial charge in [-0.3, -0.25) is 0 Å². The SMILES string of the molecule is CC1(C)CCCC(Nc2ccc3c(c2)OC(C)(C)O3)C1. The molecule has 110 valence electrons. The van der Waals surface area contributed by atoms with E-state index in [0.29, 0.717) is 11.5 Å². The second-order valence-corrected chi connectivity index (χ2v) is 7.37. The predicted molar refractivity (Wildman–Crippen MR) is 81.4 cm³/mol. The molecule has 0 amide bonds. The van der Waals surface area contributed by atoms with Crippen molar-refractivity contribution in [2.45, 2.75) is 65.2 Å². The molecule has 1 unspecified atom stereocenters. The van der Waals surface area contributed by atoms with Crippen molar-refractivity contribution < 1.29 is 9.47 Å². The van der Waals surface area contributed by atoms with E-state index in [4.69, 9.17) is 9.47 Å². The Kier molecular flexibility index (Phi) is 3.11. The average Bonchev–Trinajstić information content (AvgIpc) is 2.61. The maximum atomic E-state index is 5.80. The van der Waals surface area contributed by atoms with Crippen molar-refractivity contribution >= 4 is 5.69 Å². The number of rotatable bonds is 2. The van der Waals surface area contributed by atoms with Crippen LogP contribution in [0.4, 0.5) is 5.69 Å². The summed E-state index contributed by atoms with van der Waals surface area (Å²) in [6.07, 6.45) is 5.12. The zero-order valence-electron chi connectivity index (χ0n) is 13.0. The van der Waals surface area contributed by atoms with Crippen molar-refractivity contribution in [3.05, 3.63) is 18.2 Å². The first-order valence-electron chi connectivity index (χ1n) is 7.62. The molecule has 3 nitrogen and oxygen atoms in total. The van der Waals surface area contributed by atoms with E-state index >= 15 is 0 Å². The number of nitrogens with one attached hydrogen (secondary N) is 1. The van der Waals surface area contributed by atoms with Crippen molar-refractivity contribution in [1.82, 2.24) is 0 Å². The molecule has 0 spiro atoms. The summed E-state index contributed by atoms with van der Waals surface area (Å²) < 4.78 is 11.5. The minimum Gasteiger partial charge on any atom is -0.449 e. The van der Waals surface area contributed by atoms with Gasteiger partial charge in [-0.05, 0) is 36.8 Å². The Labute approximate surface area is 121 Å². The van der Waals surface area contributed by atoms with Gasteiger partial charge in [-0.25, -0.2) is 0 Å². The van der Waals surface area contributed by atoms with Crippen molar-refractivity contribution in [2.24, 2.45) is 5.41 Å². The molecule has 1 N–H and O–H groups in total. The van der Waals surface area contributed by atoms with Crippen molar-refractivity contribution in [1.29, 1.82) is 0 Å². The van der Waals surface area contributed by atoms with E-state index in [1.54, 1.807) is 0 Å². The fraction of sp³-hybridized carbons (Fsp3) is 0.647. The van der Waals surface area contributed by atoms with Crippen molar-refractivity contribution in [3.8, 4) is 11.5 Å². The topological polar surface area (TPSA) is 30.5 Å². The summed E-state index contributed by atoms with van der Waals surface area (Å²) in [5.74, 6) is 1.13. The minimum absolute atomic E-state index is 0.453. The lowest BCUT2D eigenvalue weighted by Gasteiger charge is -2.36.